The summed E-state index contributed by atoms with van der Waals surface area (Å²) in [6, 6.07) is 14.4. The van der Waals surface area contributed by atoms with Crippen LogP contribution in [0.5, 0.6) is 5.75 Å². The van der Waals surface area contributed by atoms with Crippen molar-refractivity contribution in [3.05, 3.63) is 69.8 Å². The van der Waals surface area contributed by atoms with Crippen LogP contribution in [-0.4, -0.2) is 35.4 Å². The van der Waals surface area contributed by atoms with E-state index in [0.717, 1.165) is 43.5 Å². The molecule has 154 valence electrons. The highest BCUT2D eigenvalue weighted by atomic mass is 16.6. The fourth-order valence-corrected chi connectivity index (χ4v) is 3.55. The Labute approximate surface area is 170 Å². The van der Waals surface area contributed by atoms with Gasteiger partial charge >= 0.3 is 0 Å². The van der Waals surface area contributed by atoms with Gasteiger partial charge in [-0.05, 0) is 30.9 Å². The number of carbonyl (C=O) groups excluding carboxylic acids is 1. The number of nitro benzene ring substituents is 1. The monoisotopic (exact) mass is 397 g/mol. The van der Waals surface area contributed by atoms with E-state index in [4.69, 9.17) is 4.74 Å². The maximum absolute atomic E-state index is 12.3. The van der Waals surface area contributed by atoms with Gasteiger partial charge in [-0.3, -0.25) is 14.9 Å². The van der Waals surface area contributed by atoms with Gasteiger partial charge in [0.1, 0.15) is 5.75 Å². The first kappa shape index (κ1) is 20.8. The predicted octanol–water partition coefficient (Wildman–Crippen LogP) is 3.84. The number of nitrogens with zero attached hydrogens (tertiary/aromatic N) is 2. The zero-order valence-corrected chi connectivity index (χ0v) is 16.7. The number of nitrogens with one attached hydrogen (secondary N) is 1. The third-order valence-corrected chi connectivity index (χ3v) is 5.21. The van der Waals surface area contributed by atoms with Crippen molar-refractivity contribution in [1.82, 2.24) is 10.2 Å². The standard InChI is InChI=1S/C22H27N3O4/c1-2-20(23-15-17-9-11-18(12-10-17)25(27)28)19-7-3-4-8-21(19)29-16-22(26)24-13-5-6-14-24/h3-4,7-12,20,23H,2,5-6,13-16H2,1H3. The van der Waals surface area contributed by atoms with Crippen molar-refractivity contribution in [2.75, 3.05) is 19.7 Å². The van der Waals surface area contributed by atoms with Crippen LogP contribution < -0.4 is 10.1 Å². The largest absolute Gasteiger partial charge is 0.483 e. The normalized spacial score (nSPS) is 14.6. The molecule has 1 aliphatic rings. The molecule has 7 heteroatoms. The van der Waals surface area contributed by atoms with Crippen molar-refractivity contribution < 1.29 is 14.5 Å². The van der Waals surface area contributed by atoms with Crippen LogP contribution in [0.3, 0.4) is 0 Å². The van der Waals surface area contributed by atoms with Crippen LogP contribution in [0.2, 0.25) is 0 Å². The summed E-state index contributed by atoms with van der Waals surface area (Å²) in [5.41, 5.74) is 2.06. The van der Waals surface area contributed by atoms with Gasteiger partial charge in [0.2, 0.25) is 0 Å². The lowest BCUT2D eigenvalue weighted by molar-refractivity contribution is -0.384. The average molecular weight is 397 g/mol. The molecule has 29 heavy (non-hydrogen) atoms. The molecule has 1 N–H and O–H groups in total. The van der Waals surface area contributed by atoms with Gasteiger partial charge < -0.3 is 15.0 Å². The summed E-state index contributed by atoms with van der Waals surface area (Å²) < 4.78 is 5.88. The van der Waals surface area contributed by atoms with Crippen LogP contribution in [-0.2, 0) is 11.3 Å². The summed E-state index contributed by atoms with van der Waals surface area (Å²) in [4.78, 5) is 24.5. The van der Waals surface area contributed by atoms with Gasteiger partial charge in [-0.1, -0.05) is 37.3 Å². The Morgan fingerprint density at radius 3 is 2.52 bits per heavy atom. The number of para-hydroxylation sites is 1. The minimum atomic E-state index is -0.400. The molecule has 2 aromatic rings. The van der Waals surface area contributed by atoms with E-state index in [1.165, 1.54) is 12.1 Å². The number of carbonyl (C=O) groups is 1. The Balaban J connectivity index is 1.62. The van der Waals surface area contributed by atoms with Gasteiger partial charge in [-0.15, -0.1) is 0 Å². The van der Waals surface area contributed by atoms with Crippen LogP contribution in [0.1, 0.15) is 43.4 Å². The molecule has 0 aromatic heterocycles. The Kier molecular flexibility index (Phi) is 7.19. The Bertz CT molecular complexity index is 832. The third-order valence-electron chi connectivity index (χ3n) is 5.21. The summed E-state index contributed by atoms with van der Waals surface area (Å²) in [6.45, 7) is 4.35. The van der Waals surface area contributed by atoms with Gasteiger partial charge in [0.05, 0.1) is 4.92 Å². The molecule has 2 aromatic carbocycles. The fraction of sp³-hybridized carbons (Fsp3) is 0.409. The summed E-state index contributed by atoms with van der Waals surface area (Å²) in [7, 11) is 0. The second-order valence-electron chi connectivity index (χ2n) is 7.18. The van der Waals surface area contributed by atoms with Crippen LogP contribution in [0.15, 0.2) is 48.5 Å². The quantitative estimate of drug-likeness (QED) is 0.513. The summed E-state index contributed by atoms with van der Waals surface area (Å²) in [5.74, 6) is 0.743. The van der Waals surface area contributed by atoms with Crippen LogP contribution in [0.25, 0.3) is 0 Å². The van der Waals surface area contributed by atoms with Crippen LogP contribution >= 0.6 is 0 Å². The number of ether oxygens (including phenoxy) is 1. The molecule has 0 radical (unpaired) electrons. The summed E-state index contributed by atoms with van der Waals surface area (Å²) in [6.07, 6.45) is 2.97. The lowest BCUT2D eigenvalue weighted by Crippen LogP contribution is -2.32. The topological polar surface area (TPSA) is 84.7 Å². The first-order valence-corrected chi connectivity index (χ1v) is 10.0. The van der Waals surface area contributed by atoms with E-state index >= 15 is 0 Å². The summed E-state index contributed by atoms with van der Waals surface area (Å²) in [5, 5.41) is 14.3. The van der Waals surface area contributed by atoms with Crippen LogP contribution in [0.4, 0.5) is 5.69 Å². The number of hydrogen-bond donors (Lipinski definition) is 1. The zero-order valence-electron chi connectivity index (χ0n) is 16.7. The van der Waals surface area contributed by atoms with E-state index < -0.39 is 4.92 Å². The van der Waals surface area contributed by atoms with E-state index in [2.05, 4.69) is 12.2 Å². The molecule has 1 saturated heterocycles. The molecule has 0 bridgehead atoms. The molecular weight excluding hydrogens is 370 g/mol. The van der Waals surface area contributed by atoms with Crippen LogP contribution in [0, 0.1) is 10.1 Å². The molecule has 1 unspecified atom stereocenters. The Morgan fingerprint density at radius 1 is 1.17 bits per heavy atom. The number of benzene rings is 2. The van der Waals surface area contributed by atoms with Gasteiger partial charge in [-0.2, -0.15) is 0 Å². The van der Waals surface area contributed by atoms with Gasteiger partial charge in [-0.25, -0.2) is 0 Å². The molecule has 1 aliphatic heterocycles. The second kappa shape index (κ2) is 10.0. The lowest BCUT2D eigenvalue weighted by Gasteiger charge is -2.22. The Hall–Kier alpha value is -2.93. The molecule has 0 saturated carbocycles. The maximum atomic E-state index is 12.3. The highest BCUT2D eigenvalue weighted by Crippen LogP contribution is 2.28. The number of nitro groups is 1. The number of rotatable bonds is 9. The molecule has 0 spiro atoms. The molecular formula is C22H27N3O4. The van der Waals surface area contributed by atoms with Crippen molar-refractivity contribution in [2.45, 2.75) is 38.8 Å². The Morgan fingerprint density at radius 2 is 1.86 bits per heavy atom. The number of hydrogen-bond acceptors (Lipinski definition) is 5. The molecule has 1 fully saturated rings. The van der Waals surface area contributed by atoms with E-state index in [9.17, 15) is 14.9 Å². The van der Waals surface area contributed by atoms with E-state index in [0.29, 0.717) is 12.3 Å². The van der Waals surface area contributed by atoms with E-state index in [1.54, 1.807) is 12.1 Å². The average Bonchev–Trinajstić information content (AvgIpc) is 3.28. The molecule has 3 rings (SSSR count). The zero-order chi connectivity index (χ0) is 20.6. The molecule has 0 aliphatic carbocycles. The van der Waals surface area contributed by atoms with Gasteiger partial charge in [0.15, 0.2) is 6.61 Å². The molecule has 7 nitrogen and oxygen atoms in total. The highest BCUT2D eigenvalue weighted by Gasteiger charge is 2.20. The fourth-order valence-electron chi connectivity index (χ4n) is 3.55. The van der Waals surface area contributed by atoms with Crippen molar-refractivity contribution in [2.24, 2.45) is 0 Å². The lowest BCUT2D eigenvalue weighted by atomic mass is 10.0. The third kappa shape index (κ3) is 5.54. The van der Waals surface area contributed by atoms with E-state index in [1.807, 2.05) is 29.2 Å². The van der Waals surface area contributed by atoms with Gasteiger partial charge in [0, 0.05) is 43.4 Å². The predicted molar refractivity (Wildman–Crippen MR) is 111 cm³/mol. The minimum Gasteiger partial charge on any atom is -0.483 e. The number of likely N-dealkylation sites (tertiary alicyclic amines) is 1. The number of non-ortho nitro benzene ring substituents is 1. The highest BCUT2D eigenvalue weighted by molar-refractivity contribution is 5.78. The number of amides is 1. The summed E-state index contributed by atoms with van der Waals surface area (Å²) >= 11 is 0. The minimum absolute atomic E-state index is 0.0317. The second-order valence-corrected chi connectivity index (χ2v) is 7.18. The van der Waals surface area contributed by atoms with Crippen molar-refractivity contribution in [3.8, 4) is 5.75 Å². The molecule has 1 amide bonds. The maximum Gasteiger partial charge on any atom is 0.269 e. The molecule has 1 heterocycles. The smallest absolute Gasteiger partial charge is 0.269 e. The van der Waals surface area contributed by atoms with Crippen molar-refractivity contribution >= 4 is 11.6 Å². The molecule has 1 atom stereocenters. The first-order valence-electron chi connectivity index (χ1n) is 10.0. The van der Waals surface area contributed by atoms with Gasteiger partial charge in [0.25, 0.3) is 11.6 Å². The van der Waals surface area contributed by atoms with E-state index in [-0.39, 0.29) is 24.2 Å². The van der Waals surface area contributed by atoms with Crippen molar-refractivity contribution in [3.63, 3.8) is 0 Å². The van der Waals surface area contributed by atoms with Crippen molar-refractivity contribution in [1.29, 1.82) is 0 Å². The first-order chi connectivity index (χ1) is 14.1. The SMILES string of the molecule is CCC(NCc1ccc([N+](=O)[O-])cc1)c1ccccc1OCC(=O)N1CCCC1.